The SMILES string of the molecule is O=C(O)c1ccc(OCCSC2CCCCC2)cc1. The summed E-state index contributed by atoms with van der Waals surface area (Å²) in [5.74, 6) is 0.847. The molecule has 3 nitrogen and oxygen atoms in total. The molecule has 1 aromatic carbocycles. The van der Waals surface area contributed by atoms with Crippen LogP contribution < -0.4 is 4.74 Å². The van der Waals surface area contributed by atoms with Crippen molar-refractivity contribution in [1.29, 1.82) is 0 Å². The van der Waals surface area contributed by atoms with E-state index in [1.54, 1.807) is 24.3 Å². The molecule has 0 aromatic heterocycles. The van der Waals surface area contributed by atoms with E-state index in [0.717, 1.165) is 16.8 Å². The average Bonchev–Trinajstić information content (AvgIpc) is 2.45. The number of carboxylic acids is 1. The number of thioether (sulfide) groups is 1. The third-order valence-electron chi connectivity index (χ3n) is 3.36. The highest BCUT2D eigenvalue weighted by atomic mass is 32.2. The van der Waals surface area contributed by atoms with Crippen molar-refractivity contribution in [2.24, 2.45) is 0 Å². The van der Waals surface area contributed by atoms with Gasteiger partial charge in [-0.25, -0.2) is 4.79 Å². The van der Waals surface area contributed by atoms with Gasteiger partial charge in [0.1, 0.15) is 5.75 Å². The maximum absolute atomic E-state index is 10.7. The molecule has 1 aliphatic rings. The van der Waals surface area contributed by atoms with E-state index in [9.17, 15) is 4.79 Å². The van der Waals surface area contributed by atoms with E-state index in [1.165, 1.54) is 32.1 Å². The van der Waals surface area contributed by atoms with Crippen molar-refractivity contribution < 1.29 is 14.6 Å². The molecule has 1 saturated carbocycles. The van der Waals surface area contributed by atoms with Gasteiger partial charge in [-0.15, -0.1) is 0 Å². The van der Waals surface area contributed by atoms with Gasteiger partial charge in [-0.2, -0.15) is 11.8 Å². The zero-order valence-corrected chi connectivity index (χ0v) is 11.8. The van der Waals surface area contributed by atoms with Crippen LogP contribution in [0.2, 0.25) is 0 Å². The lowest BCUT2D eigenvalue weighted by Gasteiger charge is -2.20. The van der Waals surface area contributed by atoms with Crippen LogP contribution in [-0.2, 0) is 0 Å². The van der Waals surface area contributed by atoms with Gasteiger partial charge in [0, 0.05) is 11.0 Å². The summed E-state index contributed by atoms with van der Waals surface area (Å²) in [6, 6.07) is 6.58. The Morgan fingerprint density at radius 1 is 1.21 bits per heavy atom. The van der Waals surface area contributed by atoms with E-state index in [2.05, 4.69) is 0 Å². The van der Waals surface area contributed by atoms with Crippen molar-refractivity contribution >= 4 is 17.7 Å². The summed E-state index contributed by atoms with van der Waals surface area (Å²) in [4.78, 5) is 10.7. The number of hydrogen-bond donors (Lipinski definition) is 1. The van der Waals surface area contributed by atoms with E-state index in [4.69, 9.17) is 9.84 Å². The van der Waals surface area contributed by atoms with Crippen LogP contribution in [0.3, 0.4) is 0 Å². The molecule has 1 aromatic rings. The van der Waals surface area contributed by atoms with Gasteiger partial charge < -0.3 is 9.84 Å². The van der Waals surface area contributed by atoms with Crippen LogP contribution in [0.5, 0.6) is 5.75 Å². The summed E-state index contributed by atoms with van der Waals surface area (Å²) in [7, 11) is 0. The molecule has 1 N–H and O–H groups in total. The van der Waals surface area contributed by atoms with Gasteiger partial charge in [-0.1, -0.05) is 19.3 Å². The predicted molar refractivity (Wildman–Crippen MR) is 78.2 cm³/mol. The summed E-state index contributed by atoms with van der Waals surface area (Å²) in [5.41, 5.74) is 0.295. The highest BCUT2D eigenvalue weighted by Gasteiger charge is 2.13. The first-order valence-corrected chi connectivity index (χ1v) is 7.88. The zero-order chi connectivity index (χ0) is 13.5. The Hall–Kier alpha value is -1.16. The summed E-state index contributed by atoms with van der Waals surface area (Å²) in [5, 5.41) is 9.60. The van der Waals surface area contributed by atoms with Crippen LogP contribution in [0.4, 0.5) is 0 Å². The molecule has 0 amide bonds. The van der Waals surface area contributed by atoms with Crippen molar-refractivity contribution in [3.8, 4) is 5.75 Å². The largest absolute Gasteiger partial charge is 0.493 e. The maximum atomic E-state index is 10.7. The maximum Gasteiger partial charge on any atom is 0.335 e. The lowest BCUT2D eigenvalue weighted by Crippen LogP contribution is -2.11. The number of aromatic carboxylic acids is 1. The zero-order valence-electron chi connectivity index (χ0n) is 11.0. The second-order valence-corrected chi connectivity index (χ2v) is 6.22. The highest BCUT2D eigenvalue weighted by molar-refractivity contribution is 7.99. The minimum Gasteiger partial charge on any atom is -0.493 e. The molecule has 1 fully saturated rings. The standard InChI is InChI=1S/C15H20O3S/c16-15(17)12-6-8-13(9-7-12)18-10-11-19-14-4-2-1-3-5-14/h6-9,14H,1-5,10-11H2,(H,16,17). The van der Waals surface area contributed by atoms with Crippen LogP contribution in [0.25, 0.3) is 0 Å². The van der Waals surface area contributed by atoms with Crippen LogP contribution in [0.15, 0.2) is 24.3 Å². The normalized spacial score (nSPS) is 16.2. The Bertz CT molecular complexity index is 396. The van der Waals surface area contributed by atoms with Crippen molar-refractivity contribution in [2.45, 2.75) is 37.4 Å². The number of ether oxygens (including phenoxy) is 1. The number of hydrogen-bond acceptors (Lipinski definition) is 3. The first kappa shape index (κ1) is 14.3. The molecular formula is C15H20O3S. The molecule has 1 aliphatic carbocycles. The van der Waals surface area contributed by atoms with Crippen molar-refractivity contribution in [3.63, 3.8) is 0 Å². The van der Waals surface area contributed by atoms with Gasteiger partial charge in [-0.3, -0.25) is 0 Å². The smallest absolute Gasteiger partial charge is 0.335 e. The Morgan fingerprint density at radius 3 is 2.53 bits per heavy atom. The fourth-order valence-corrected chi connectivity index (χ4v) is 3.48. The van der Waals surface area contributed by atoms with Gasteiger partial charge >= 0.3 is 5.97 Å². The van der Waals surface area contributed by atoms with Crippen LogP contribution >= 0.6 is 11.8 Å². The minimum atomic E-state index is -0.903. The van der Waals surface area contributed by atoms with Gasteiger partial charge in [0.05, 0.1) is 12.2 Å². The minimum absolute atomic E-state index is 0.295. The van der Waals surface area contributed by atoms with E-state index in [0.29, 0.717) is 12.2 Å². The first-order chi connectivity index (χ1) is 9.25. The van der Waals surface area contributed by atoms with E-state index < -0.39 is 5.97 Å². The number of benzene rings is 1. The summed E-state index contributed by atoms with van der Waals surface area (Å²) < 4.78 is 5.62. The van der Waals surface area contributed by atoms with Gasteiger partial charge in [-0.05, 0) is 37.1 Å². The lowest BCUT2D eigenvalue weighted by atomic mass is 10.0. The van der Waals surface area contributed by atoms with Crippen LogP contribution in [-0.4, -0.2) is 28.7 Å². The molecule has 0 heterocycles. The Kier molecular flexibility index (Phi) is 5.58. The van der Waals surface area contributed by atoms with Gasteiger partial charge in [0.15, 0.2) is 0 Å². The molecule has 104 valence electrons. The third-order valence-corrected chi connectivity index (χ3v) is 4.70. The molecule has 19 heavy (non-hydrogen) atoms. The number of carboxylic acid groups (broad SMARTS) is 1. The van der Waals surface area contributed by atoms with E-state index >= 15 is 0 Å². The molecule has 2 rings (SSSR count). The second kappa shape index (κ2) is 7.43. The topological polar surface area (TPSA) is 46.5 Å². The molecule has 0 atom stereocenters. The van der Waals surface area contributed by atoms with Gasteiger partial charge in [0.25, 0.3) is 0 Å². The predicted octanol–water partition coefficient (Wildman–Crippen LogP) is 3.83. The van der Waals surface area contributed by atoms with Crippen molar-refractivity contribution in [2.75, 3.05) is 12.4 Å². The Morgan fingerprint density at radius 2 is 1.89 bits per heavy atom. The Labute approximate surface area is 118 Å². The molecule has 0 unspecified atom stereocenters. The Balaban J connectivity index is 1.66. The molecule has 0 aliphatic heterocycles. The quantitative estimate of drug-likeness (QED) is 0.804. The molecule has 0 spiro atoms. The summed E-state index contributed by atoms with van der Waals surface area (Å²) in [6.07, 6.45) is 6.82. The molecule has 4 heteroatoms. The van der Waals surface area contributed by atoms with Crippen molar-refractivity contribution in [3.05, 3.63) is 29.8 Å². The monoisotopic (exact) mass is 280 g/mol. The fraction of sp³-hybridized carbons (Fsp3) is 0.533. The summed E-state index contributed by atoms with van der Waals surface area (Å²) in [6.45, 7) is 0.688. The lowest BCUT2D eigenvalue weighted by molar-refractivity contribution is 0.0697. The molecule has 0 bridgehead atoms. The fourth-order valence-electron chi connectivity index (χ4n) is 2.30. The van der Waals surface area contributed by atoms with E-state index in [1.807, 2.05) is 11.8 Å². The van der Waals surface area contributed by atoms with Gasteiger partial charge in [0.2, 0.25) is 0 Å². The number of carbonyl (C=O) groups is 1. The van der Waals surface area contributed by atoms with E-state index in [-0.39, 0.29) is 0 Å². The average molecular weight is 280 g/mol. The second-order valence-electron chi connectivity index (χ2n) is 4.81. The third kappa shape index (κ3) is 4.78. The molecule has 0 radical (unpaired) electrons. The molecule has 0 saturated heterocycles. The van der Waals surface area contributed by atoms with Crippen LogP contribution in [0.1, 0.15) is 42.5 Å². The highest BCUT2D eigenvalue weighted by Crippen LogP contribution is 2.28. The van der Waals surface area contributed by atoms with Crippen LogP contribution in [0, 0.1) is 0 Å². The number of rotatable bonds is 6. The molecular weight excluding hydrogens is 260 g/mol. The first-order valence-electron chi connectivity index (χ1n) is 6.83. The summed E-state index contributed by atoms with van der Waals surface area (Å²) >= 11 is 2.01. The van der Waals surface area contributed by atoms with Crippen molar-refractivity contribution in [1.82, 2.24) is 0 Å².